The zero-order valence-corrected chi connectivity index (χ0v) is 15.7. The van der Waals surface area contributed by atoms with E-state index >= 15 is 0 Å². The number of halogens is 2. The number of rotatable bonds is 10. The molecule has 6 nitrogen and oxygen atoms in total. The molecule has 0 saturated heterocycles. The molecule has 0 aliphatic rings. The van der Waals surface area contributed by atoms with Gasteiger partial charge in [0.25, 0.3) is 5.69 Å². The average Bonchev–Trinajstić information content (AvgIpc) is 2.50. The normalized spacial score (nSPS) is 10.4. The minimum absolute atomic E-state index is 0.0530. The van der Waals surface area contributed by atoms with Crippen LogP contribution in [0.4, 0.5) is 10.5 Å². The molecule has 1 rings (SSSR count). The van der Waals surface area contributed by atoms with Crippen LogP contribution >= 0.6 is 12.7 Å². The zero-order valence-electron chi connectivity index (χ0n) is 12.0. The van der Waals surface area contributed by atoms with Crippen molar-refractivity contribution in [1.82, 2.24) is 0 Å². The predicted molar refractivity (Wildman–Crippen MR) is 82.0 cm³/mol. The van der Waals surface area contributed by atoms with Crippen molar-refractivity contribution < 1.29 is 38.2 Å². The zero-order chi connectivity index (χ0) is 16.2. The summed E-state index contributed by atoms with van der Waals surface area (Å²) in [4.78, 5) is 21.4. The van der Waals surface area contributed by atoms with E-state index < -0.39 is 11.1 Å². The van der Waals surface area contributed by atoms with Gasteiger partial charge in [-0.05, 0) is 0 Å². The molecule has 0 heterocycles. The first-order chi connectivity index (χ1) is 10.6. The van der Waals surface area contributed by atoms with E-state index in [9.17, 15) is 14.9 Å². The molecule has 0 saturated carbocycles. The van der Waals surface area contributed by atoms with Gasteiger partial charge in [-0.1, -0.05) is 0 Å². The fourth-order valence-electron chi connectivity index (χ4n) is 1.69. The second-order valence-corrected chi connectivity index (χ2v) is 9.01. The Bertz CT molecular complexity index is 469. The van der Waals surface area contributed by atoms with Gasteiger partial charge in [-0.25, -0.2) is 0 Å². The van der Waals surface area contributed by atoms with Gasteiger partial charge in [0.15, 0.2) is 0 Å². The molecule has 1 aromatic rings. The van der Waals surface area contributed by atoms with Crippen LogP contribution in [0.3, 0.4) is 0 Å². The molecule has 0 spiro atoms. The minimum Gasteiger partial charge on any atom is -0.258 e. The second kappa shape index (κ2) is 11.6. The van der Waals surface area contributed by atoms with E-state index in [0.717, 1.165) is 19.3 Å². The van der Waals surface area contributed by atoms with E-state index in [1.807, 2.05) is 0 Å². The van der Waals surface area contributed by atoms with Gasteiger partial charge in [-0.15, -0.1) is 0 Å². The summed E-state index contributed by atoms with van der Waals surface area (Å²) >= 11 is 3.73. The van der Waals surface area contributed by atoms with Gasteiger partial charge in [-0.2, -0.15) is 0 Å². The monoisotopic (exact) mass is 486 g/mol. The third kappa shape index (κ3) is 8.52. The van der Waals surface area contributed by atoms with Crippen molar-refractivity contribution >= 4 is 24.5 Å². The number of non-ortho nitro benzene ring substituents is 1. The summed E-state index contributed by atoms with van der Waals surface area (Å²) in [5.41, 5.74) is -0.0530. The van der Waals surface area contributed by atoms with Gasteiger partial charge >= 0.3 is 113 Å². The van der Waals surface area contributed by atoms with Crippen LogP contribution in [0.5, 0.6) is 5.75 Å². The van der Waals surface area contributed by atoms with Crippen LogP contribution in [0, 0.1) is 10.1 Å². The summed E-state index contributed by atoms with van der Waals surface area (Å²) in [7, 11) is 0. The van der Waals surface area contributed by atoms with E-state index in [4.69, 9.17) is 9.47 Å². The molecule has 0 bridgehead atoms. The van der Waals surface area contributed by atoms with Crippen molar-refractivity contribution in [3.63, 3.8) is 0 Å². The fourth-order valence-corrected chi connectivity index (χ4v) is 3.94. The maximum atomic E-state index is 11.4. The average molecular weight is 487 g/mol. The molecular formula is C14H18BrINO5-. The first-order valence-corrected chi connectivity index (χ1v) is 13.3. The number of hydrogen-bond donors (Lipinski definition) is 0. The smallest absolute Gasteiger partial charge is 0.258 e. The van der Waals surface area contributed by atoms with Crippen molar-refractivity contribution in [1.29, 1.82) is 0 Å². The number of alkyl halides is 1. The Labute approximate surface area is 145 Å². The van der Waals surface area contributed by atoms with Crippen molar-refractivity contribution in [2.75, 3.05) is 11.0 Å². The van der Waals surface area contributed by atoms with Crippen LogP contribution in [0.25, 0.3) is 0 Å². The Morgan fingerprint density at radius 2 is 1.77 bits per heavy atom. The molecule has 0 amide bonds. The van der Waals surface area contributed by atoms with E-state index in [2.05, 4.69) is 12.7 Å². The van der Waals surface area contributed by atoms with Crippen LogP contribution < -0.4 is 23.7 Å². The number of nitro benzene ring substituents is 1. The maximum absolute atomic E-state index is 11.4. The Kier molecular flexibility index (Phi) is 10.1. The number of ether oxygens (including phenoxy) is 2. The minimum atomic E-state index is -0.780. The molecule has 0 aliphatic heterocycles. The predicted octanol–water partition coefficient (Wildman–Crippen LogP) is 1.46. The SMILES string of the molecule is O=C(OCCCCCCC[I-]Br)Oc1ccc([N+](=O)[O-])cc1. The summed E-state index contributed by atoms with van der Waals surface area (Å²) in [5, 5.41) is 10.5. The number of unbranched alkanes of at least 4 members (excludes halogenated alkanes) is 4. The van der Waals surface area contributed by atoms with Gasteiger partial charge in [0.1, 0.15) is 0 Å². The molecule has 0 aliphatic carbocycles. The van der Waals surface area contributed by atoms with Crippen LogP contribution in [-0.2, 0) is 4.74 Å². The van der Waals surface area contributed by atoms with Crippen LogP contribution in [0.2, 0.25) is 0 Å². The Morgan fingerprint density at radius 1 is 1.14 bits per heavy atom. The fraction of sp³-hybridized carbons (Fsp3) is 0.500. The topological polar surface area (TPSA) is 78.7 Å². The number of nitrogens with zero attached hydrogens (tertiary/aromatic N) is 1. The standard InChI is InChI=1S/C14H18BrINO5/c15-16-10-4-2-1-3-5-11-21-14(18)22-13-8-6-12(7-9-13)17(19)20/h6-9H,1-5,10-11H2/q-1. The first kappa shape index (κ1) is 19.1. The Hall–Kier alpha value is -0.900. The van der Waals surface area contributed by atoms with E-state index in [-0.39, 0.29) is 30.4 Å². The van der Waals surface area contributed by atoms with Gasteiger partial charge in [0.2, 0.25) is 0 Å². The van der Waals surface area contributed by atoms with Gasteiger partial charge in [-0.3, -0.25) is 10.1 Å². The van der Waals surface area contributed by atoms with Crippen molar-refractivity contribution in [2.24, 2.45) is 0 Å². The molecule has 1 aromatic carbocycles. The summed E-state index contributed by atoms with van der Waals surface area (Å²) in [6.45, 7) is 0.331. The van der Waals surface area contributed by atoms with Gasteiger partial charge in [0, 0.05) is 12.1 Å². The van der Waals surface area contributed by atoms with Crippen LogP contribution in [-0.4, -0.2) is 22.1 Å². The number of benzene rings is 1. The van der Waals surface area contributed by atoms with Crippen LogP contribution in [0.1, 0.15) is 32.1 Å². The number of carbonyl (C=O) groups excluding carboxylic acids is 1. The molecule has 0 N–H and O–H groups in total. The molecule has 0 fully saturated rings. The second-order valence-electron chi connectivity index (χ2n) is 4.51. The summed E-state index contributed by atoms with van der Waals surface area (Å²) < 4.78 is 11.2. The third-order valence-corrected chi connectivity index (χ3v) is 6.00. The number of nitro groups is 1. The van der Waals surface area contributed by atoms with Gasteiger partial charge in [0.05, 0.1) is 4.92 Å². The van der Waals surface area contributed by atoms with Crippen molar-refractivity contribution in [3.8, 4) is 5.75 Å². The van der Waals surface area contributed by atoms with Gasteiger partial charge < -0.3 is 0 Å². The van der Waals surface area contributed by atoms with E-state index in [1.165, 1.54) is 41.5 Å². The molecule has 0 aromatic heterocycles. The summed E-state index contributed by atoms with van der Waals surface area (Å²) in [6.07, 6.45) is 4.71. The number of hydrogen-bond acceptors (Lipinski definition) is 5. The molecule has 22 heavy (non-hydrogen) atoms. The Balaban J connectivity index is 2.12. The van der Waals surface area contributed by atoms with E-state index in [0.29, 0.717) is 6.61 Å². The van der Waals surface area contributed by atoms with Crippen LogP contribution in [0.15, 0.2) is 24.3 Å². The molecule has 124 valence electrons. The first-order valence-electron chi connectivity index (χ1n) is 6.93. The third-order valence-electron chi connectivity index (χ3n) is 2.82. The summed E-state index contributed by atoms with van der Waals surface area (Å²) in [6, 6.07) is 5.29. The molecule has 0 unspecified atom stereocenters. The van der Waals surface area contributed by atoms with Crippen molar-refractivity contribution in [2.45, 2.75) is 32.1 Å². The Morgan fingerprint density at radius 3 is 2.41 bits per heavy atom. The number of carbonyl (C=O) groups is 1. The molecule has 0 atom stereocenters. The summed E-state index contributed by atoms with van der Waals surface area (Å²) in [5.74, 6) is 0.230. The molecule has 0 radical (unpaired) electrons. The molecular weight excluding hydrogens is 469 g/mol. The quantitative estimate of drug-likeness (QED) is 0.0951. The van der Waals surface area contributed by atoms with E-state index in [1.54, 1.807) is 0 Å². The van der Waals surface area contributed by atoms with Crippen molar-refractivity contribution in [3.05, 3.63) is 34.4 Å². The molecule has 8 heteroatoms.